The Balaban J connectivity index is 3.18. The highest BCUT2D eigenvalue weighted by Crippen LogP contribution is 2.39. The first-order valence-corrected chi connectivity index (χ1v) is 12.5. The number of amides is 1. The molecule has 0 spiro atoms. The van der Waals surface area contributed by atoms with Gasteiger partial charge in [-0.3, -0.25) is 0 Å². The van der Waals surface area contributed by atoms with Crippen molar-refractivity contribution in [1.82, 2.24) is 5.32 Å². The van der Waals surface area contributed by atoms with E-state index < -0.39 is 50.0 Å². The molecule has 2 N–H and O–H groups in total. The van der Waals surface area contributed by atoms with Crippen molar-refractivity contribution in [2.45, 2.75) is 103 Å². The molecule has 0 radical (unpaired) electrons. The minimum Gasteiger partial charge on any atom is -0.480 e. The quantitative estimate of drug-likeness (QED) is 0.635. The van der Waals surface area contributed by atoms with Gasteiger partial charge in [0, 0.05) is 0 Å². The summed E-state index contributed by atoms with van der Waals surface area (Å²) in [6.45, 7) is 19.0. The van der Waals surface area contributed by atoms with E-state index in [4.69, 9.17) is 18.6 Å². The van der Waals surface area contributed by atoms with Crippen molar-refractivity contribution < 1.29 is 33.3 Å². The molecule has 1 heterocycles. The average Bonchev–Trinajstić information content (AvgIpc) is 2.79. The Morgan fingerprint density at radius 3 is 2.07 bits per heavy atom. The maximum atomic E-state index is 12.3. The number of carboxylic acid groups (broad SMARTS) is 1. The van der Waals surface area contributed by atoms with Crippen LogP contribution in [0.5, 0.6) is 0 Å². The Kier molecular flexibility index (Phi) is 7.37. The third-order valence-electron chi connectivity index (χ3n) is 4.90. The fourth-order valence-electron chi connectivity index (χ4n) is 2.47. The van der Waals surface area contributed by atoms with Gasteiger partial charge in [0.05, 0.1) is 6.61 Å². The standard InChI is InChI=1S/C19H37NO7Si/c1-17(2,3)26-16(23)20-13(15(21)22)14(12-11-24-19(7,8)25-12)27-28(9,10)18(4,5)6/h12-14H,11H2,1-10H3,(H,20,23)(H,21,22)/t12-,13+,14-/m1/s1. The van der Waals surface area contributed by atoms with Gasteiger partial charge in [0.2, 0.25) is 0 Å². The van der Waals surface area contributed by atoms with Gasteiger partial charge in [-0.2, -0.15) is 0 Å². The van der Waals surface area contributed by atoms with Crippen molar-refractivity contribution in [2.75, 3.05) is 6.61 Å². The number of alkyl carbamates (subject to hydrolysis) is 1. The maximum absolute atomic E-state index is 12.3. The highest BCUT2D eigenvalue weighted by Gasteiger charge is 2.49. The molecule has 3 atom stereocenters. The molecule has 0 bridgehead atoms. The van der Waals surface area contributed by atoms with Gasteiger partial charge < -0.3 is 29.1 Å². The Labute approximate surface area is 169 Å². The largest absolute Gasteiger partial charge is 0.480 e. The lowest BCUT2D eigenvalue weighted by Gasteiger charge is -2.42. The second-order valence-corrected chi connectivity index (χ2v) is 14.9. The molecule has 0 aromatic rings. The summed E-state index contributed by atoms with van der Waals surface area (Å²) in [4.78, 5) is 24.3. The third-order valence-corrected chi connectivity index (χ3v) is 9.37. The van der Waals surface area contributed by atoms with Crippen molar-refractivity contribution in [2.24, 2.45) is 0 Å². The molecule has 1 rings (SSSR count). The Bertz CT molecular complexity index is 578. The number of hydrogen-bond acceptors (Lipinski definition) is 6. The Morgan fingerprint density at radius 2 is 1.71 bits per heavy atom. The van der Waals surface area contributed by atoms with E-state index in [2.05, 4.69) is 26.1 Å². The lowest BCUT2D eigenvalue weighted by Crippen LogP contribution is -2.59. The zero-order valence-electron chi connectivity index (χ0n) is 18.8. The van der Waals surface area contributed by atoms with Crippen LogP contribution in [0.1, 0.15) is 55.4 Å². The summed E-state index contributed by atoms with van der Waals surface area (Å²) < 4.78 is 23.2. The molecule has 0 aliphatic carbocycles. The number of aliphatic carboxylic acids is 1. The van der Waals surface area contributed by atoms with E-state index in [-0.39, 0.29) is 11.6 Å². The molecular formula is C19H37NO7Si. The summed E-state index contributed by atoms with van der Waals surface area (Å²) in [6, 6.07) is -1.34. The molecular weight excluding hydrogens is 382 g/mol. The van der Waals surface area contributed by atoms with Crippen LogP contribution in [0.2, 0.25) is 18.1 Å². The number of carbonyl (C=O) groups is 2. The summed E-state index contributed by atoms with van der Waals surface area (Å²) >= 11 is 0. The number of nitrogens with one attached hydrogen (secondary N) is 1. The number of rotatable bonds is 6. The normalized spacial score (nSPS) is 22.4. The molecule has 1 amide bonds. The summed E-state index contributed by atoms with van der Waals surface area (Å²) in [5, 5.41) is 12.1. The van der Waals surface area contributed by atoms with Crippen molar-refractivity contribution >= 4 is 20.4 Å². The van der Waals surface area contributed by atoms with Crippen LogP contribution in [0.15, 0.2) is 0 Å². The highest BCUT2D eigenvalue weighted by atomic mass is 28.4. The van der Waals surface area contributed by atoms with Crippen LogP contribution in [0.25, 0.3) is 0 Å². The van der Waals surface area contributed by atoms with Crippen LogP contribution in [0.4, 0.5) is 4.79 Å². The molecule has 1 fully saturated rings. The molecule has 164 valence electrons. The summed E-state index contributed by atoms with van der Waals surface area (Å²) in [7, 11) is -2.38. The number of carboxylic acids is 1. The second kappa shape index (κ2) is 8.29. The molecule has 1 aliphatic heterocycles. The molecule has 9 heteroatoms. The van der Waals surface area contributed by atoms with E-state index in [9.17, 15) is 14.7 Å². The second-order valence-electron chi connectivity index (χ2n) is 10.2. The van der Waals surface area contributed by atoms with Crippen molar-refractivity contribution in [1.29, 1.82) is 0 Å². The molecule has 0 aromatic carbocycles. The molecule has 0 aromatic heterocycles. The predicted octanol–water partition coefficient (Wildman–Crippen LogP) is 3.51. The first-order valence-electron chi connectivity index (χ1n) is 9.56. The average molecular weight is 420 g/mol. The Morgan fingerprint density at radius 1 is 1.18 bits per heavy atom. The van der Waals surface area contributed by atoms with E-state index in [1.807, 2.05) is 13.1 Å². The van der Waals surface area contributed by atoms with Gasteiger partial charge in [-0.15, -0.1) is 0 Å². The summed E-state index contributed by atoms with van der Waals surface area (Å²) in [5.41, 5.74) is -0.752. The van der Waals surface area contributed by atoms with Crippen LogP contribution in [0.3, 0.4) is 0 Å². The van der Waals surface area contributed by atoms with Crippen molar-refractivity contribution in [3.05, 3.63) is 0 Å². The zero-order chi connectivity index (χ0) is 22.1. The van der Waals surface area contributed by atoms with Gasteiger partial charge in [-0.1, -0.05) is 20.8 Å². The molecule has 1 saturated heterocycles. The van der Waals surface area contributed by atoms with Gasteiger partial charge in [0.15, 0.2) is 20.1 Å². The van der Waals surface area contributed by atoms with Crippen LogP contribution in [-0.4, -0.2) is 61.7 Å². The monoisotopic (exact) mass is 419 g/mol. The van der Waals surface area contributed by atoms with E-state index in [1.165, 1.54) is 0 Å². The van der Waals surface area contributed by atoms with Crippen molar-refractivity contribution in [3.8, 4) is 0 Å². The van der Waals surface area contributed by atoms with Crippen LogP contribution >= 0.6 is 0 Å². The zero-order valence-corrected chi connectivity index (χ0v) is 19.8. The van der Waals surface area contributed by atoms with Gasteiger partial charge in [0.1, 0.15) is 17.8 Å². The predicted molar refractivity (Wildman–Crippen MR) is 108 cm³/mol. The van der Waals surface area contributed by atoms with E-state index in [0.29, 0.717) is 0 Å². The minimum absolute atomic E-state index is 0.158. The van der Waals surface area contributed by atoms with Crippen LogP contribution in [0, 0.1) is 0 Å². The molecule has 0 unspecified atom stereocenters. The number of carbonyl (C=O) groups excluding carboxylic acids is 1. The van der Waals surface area contributed by atoms with Gasteiger partial charge in [0.25, 0.3) is 0 Å². The Hall–Kier alpha value is -1.16. The number of ether oxygens (including phenoxy) is 3. The van der Waals surface area contributed by atoms with Crippen LogP contribution in [-0.2, 0) is 23.4 Å². The SMILES string of the molecule is CC(C)(C)OC(=O)N[C@H](C(=O)O)[C@H](O[Si](C)(C)C(C)(C)C)[C@H]1COC(C)(C)O1. The van der Waals surface area contributed by atoms with E-state index in [0.717, 1.165) is 0 Å². The highest BCUT2D eigenvalue weighted by molar-refractivity contribution is 6.74. The third kappa shape index (κ3) is 7.02. The lowest BCUT2D eigenvalue weighted by atomic mass is 10.1. The fraction of sp³-hybridized carbons (Fsp3) is 0.895. The summed E-state index contributed by atoms with van der Waals surface area (Å²) in [5.74, 6) is -2.07. The maximum Gasteiger partial charge on any atom is 0.408 e. The van der Waals surface area contributed by atoms with E-state index >= 15 is 0 Å². The minimum atomic E-state index is -2.38. The molecule has 1 aliphatic rings. The van der Waals surface area contributed by atoms with Crippen LogP contribution < -0.4 is 5.32 Å². The first-order chi connectivity index (χ1) is 12.3. The first kappa shape index (κ1) is 24.9. The van der Waals surface area contributed by atoms with Crippen molar-refractivity contribution in [3.63, 3.8) is 0 Å². The summed E-state index contributed by atoms with van der Waals surface area (Å²) in [6.07, 6.45) is -2.38. The van der Waals surface area contributed by atoms with E-state index in [1.54, 1.807) is 34.6 Å². The van der Waals surface area contributed by atoms with Gasteiger partial charge in [-0.05, 0) is 52.8 Å². The van der Waals surface area contributed by atoms with Gasteiger partial charge >= 0.3 is 12.1 Å². The molecule has 0 saturated carbocycles. The molecule has 8 nitrogen and oxygen atoms in total. The topological polar surface area (TPSA) is 103 Å². The van der Waals surface area contributed by atoms with Gasteiger partial charge in [-0.25, -0.2) is 9.59 Å². The molecule has 28 heavy (non-hydrogen) atoms. The fourth-order valence-corrected chi connectivity index (χ4v) is 3.79. The smallest absolute Gasteiger partial charge is 0.408 e. The number of hydrogen-bond donors (Lipinski definition) is 2. The lowest BCUT2D eigenvalue weighted by molar-refractivity contribution is -0.159.